The Morgan fingerprint density at radius 1 is 0.556 bits per heavy atom. The van der Waals surface area contributed by atoms with Crippen LogP contribution in [0.4, 0.5) is 0 Å². The molecule has 0 atom stereocenters. The number of hydrogen-bond donors (Lipinski definition) is 2. The van der Waals surface area contributed by atoms with Crippen LogP contribution in [0.3, 0.4) is 0 Å². The van der Waals surface area contributed by atoms with Crippen molar-refractivity contribution in [2.75, 3.05) is 0 Å². The topological polar surface area (TPSA) is 253 Å². The average molecular weight is 1040 g/mol. The molecule has 0 heterocycles. The van der Waals surface area contributed by atoms with Gasteiger partial charge < -0.3 is 52.5 Å². The molecule has 14 heteroatoms. The maximum Gasteiger partial charge on any atom is 2.00 e. The van der Waals surface area contributed by atoms with E-state index in [1.54, 1.807) is 0 Å². The van der Waals surface area contributed by atoms with Crippen molar-refractivity contribution in [2.45, 2.75) is 11.9 Å². The van der Waals surface area contributed by atoms with Crippen LogP contribution in [-0.4, -0.2) is 153 Å². The Morgan fingerprint density at radius 2 is 0.667 bits per heavy atom. The van der Waals surface area contributed by atoms with Crippen LogP contribution in [-0.2, 0) is 0 Å². The standard InChI is InChI=1S/C4H4O6.4H2O.4Pb/c5-3(6,7)1-2-4(8,9)10;;;;;;;;/h1-2,5,8H;4*1H2;;;;/q-4;;;;;4*+2/p-4/b2-1-;;;;;;;;. The molecule has 100 valence electrons. The predicted octanol–water partition coefficient (Wildman–Crippen LogP) is -7.95. The van der Waals surface area contributed by atoms with Gasteiger partial charge in [0.05, 0.1) is 0 Å². The van der Waals surface area contributed by atoms with Crippen molar-refractivity contribution in [2.24, 2.45) is 0 Å². The van der Waals surface area contributed by atoms with Crippen LogP contribution in [0, 0.1) is 0 Å². The van der Waals surface area contributed by atoms with E-state index in [1.807, 2.05) is 0 Å². The summed E-state index contributed by atoms with van der Waals surface area (Å²) < 4.78 is 0. The quantitative estimate of drug-likeness (QED) is 0.150. The van der Waals surface area contributed by atoms with E-state index in [9.17, 15) is 20.4 Å². The van der Waals surface area contributed by atoms with Crippen LogP contribution >= 0.6 is 0 Å². The molecule has 0 fully saturated rings. The van der Waals surface area contributed by atoms with Gasteiger partial charge in [-0.15, -0.1) is 0 Å². The van der Waals surface area contributed by atoms with Crippen LogP contribution in [0.5, 0.6) is 0 Å². The van der Waals surface area contributed by atoms with Gasteiger partial charge in [0, 0.05) is 0 Å². The van der Waals surface area contributed by atoms with Gasteiger partial charge in [-0.3, -0.25) is 0 Å². The fourth-order valence-electron chi connectivity index (χ4n) is 0.211. The molecular weight excluding hydrogens is 1040 g/mol. The maximum absolute atomic E-state index is 9.67. The first-order chi connectivity index (χ1) is 4.21. The van der Waals surface area contributed by atoms with E-state index in [4.69, 9.17) is 10.2 Å². The van der Waals surface area contributed by atoms with Crippen molar-refractivity contribution in [3.63, 3.8) is 0 Å². The monoisotopic (exact) mass is 1050 g/mol. The van der Waals surface area contributed by atoms with Crippen LogP contribution in [0.1, 0.15) is 0 Å². The molecule has 0 aliphatic carbocycles. The van der Waals surface area contributed by atoms with Crippen LogP contribution < -0.4 is 20.4 Å². The molecule has 0 aliphatic rings. The summed E-state index contributed by atoms with van der Waals surface area (Å²) in [5.74, 6) is -7.47. The molecule has 18 heavy (non-hydrogen) atoms. The Balaban J connectivity index is -0.0000000145. The minimum atomic E-state index is -3.73. The van der Waals surface area contributed by atoms with Gasteiger partial charge in [0.25, 0.3) is 0 Å². The van der Waals surface area contributed by atoms with Crippen molar-refractivity contribution in [1.82, 2.24) is 0 Å². The third-order valence-electron chi connectivity index (χ3n) is 0.505. The number of aliphatic hydroxyl groups is 2. The van der Waals surface area contributed by atoms with Crippen LogP contribution in [0.2, 0.25) is 0 Å². The van der Waals surface area contributed by atoms with Gasteiger partial charge in [-0.1, -0.05) is 24.1 Å². The second kappa shape index (κ2) is 25.0. The molecule has 0 aliphatic heterocycles. The van der Waals surface area contributed by atoms with Crippen LogP contribution in [0.25, 0.3) is 0 Å². The minimum Gasteiger partial charge on any atom is -0.870 e. The van der Waals surface area contributed by atoms with E-state index in [-0.39, 0.29) is 143 Å². The van der Waals surface area contributed by atoms with Crippen molar-refractivity contribution >= 4 is 109 Å². The van der Waals surface area contributed by atoms with E-state index >= 15 is 0 Å². The third-order valence-corrected chi connectivity index (χ3v) is 0.505. The van der Waals surface area contributed by atoms with Gasteiger partial charge in [-0.2, -0.15) is 0 Å². The summed E-state index contributed by atoms with van der Waals surface area (Å²) >= 11 is 0. The van der Waals surface area contributed by atoms with Crippen molar-refractivity contribution in [1.29, 1.82) is 0 Å². The normalized spacial score (nSPS) is 8.11. The zero-order valence-corrected chi connectivity index (χ0v) is 24.0. The molecule has 10 nitrogen and oxygen atoms in total. The molecular formula is C4H8O10Pb4. The van der Waals surface area contributed by atoms with Gasteiger partial charge >= 0.3 is 109 Å². The van der Waals surface area contributed by atoms with E-state index in [0.717, 1.165) is 0 Å². The summed E-state index contributed by atoms with van der Waals surface area (Å²) in [4.78, 5) is 0. The summed E-state index contributed by atoms with van der Waals surface area (Å²) in [6.07, 6.45) is -0.319. The fraction of sp³-hybridized carbons (Fsp3) is 0.500. The molecule has 0 rings (SSSR count). The molecule has 0 amide bonds. The smallest absolute Gasteiger partial charge is 0.870 e. The average Bonchev–Trinajstić information content (AvgIpc) is 1.57. The van der Waals surface area contributed by atoms with Crippen molar-refractivity contribution in [3.8, 4) is 0 Å². The first-order valence-corrected chi connectivity index (χ1v) is 2.17. The van der Waals surface area contributed by atoms with Gasteiger partial charge in [0.2, 0.25) is 0 Å². The van der Waals surface area contributed by atoms with Gasteiger partial charge in [-0.05, 0) is 0 Å². The molecule has 6 N–H and O–H groups in total. The molecule has 0 aromatic heterocycles. The summed E-state index contributed by atoms with van der Waals surface area (Å²) in [6.45, 7) is 0. The Bertz CT molecular complexity index is 126. The minimum absolute atomic E-state index is 0. The molecule has 0 spiro atoms. The summed E-state index contributed by atoms with van der Waals surface area (Å²) in [6, 6.07) is 0. The Hall–Kier alpha value is 3.03. The summed E-state index contributed by atoms with van der Waals surface area (Å²) in [7, 11) is 0. The second-order valence-electron chi connectivity index (χ2n) is 1.59. The van der Waals surface area contributed by atoms with Gasteiger partial charge in [-0.25, -0.2) is 0 Å². The SMILES string of the molecule is [O-]C([O-])(O)/C=C\C([O-])([O-])O.[OH-].[OH-].[OH-].[OH-].[Pb+2].[Pb+2].[Pb+2].[Pb+2]. The molecule has 0 saturated carbocycles. The van der Waals surface area contributed by atoms with E-state index < -0.39 is 11.9 Å². The van der Waals surface area contributed by atoms with E-state index in [0.29, 0.717) is 0 Å². The molecule has 0 aromatic carbocycles. The molecule has 8 radical (unpaired) electrons. The zero-order chi connectivity index (χ0) is 8.41. The van der Waals surface area contributed by atoms with Gasteiger partial charge in [0.1, 0.15) is 0 Å². The zero-order valence-electron chi connectivity index (χ0n) is 8.47. The number of rotatable bonds is 2. The Morgan fingerprint density at radius 3 is 0.722 bits per heavy atom. The first-order valence-electron chi connectivity index (χ1n) is 2.17. The fourth-order valence-corrected chi connectivity index (χ4v) is 0.211. The van der Waals surface area contributed by atoms with E-state index in [2.05, 4.69) is 0 Å². The van der Waals surface area contributed by atoms with Crippen molar-refractivity contribution < 1.29 is 52.5 Å². The third kappa shape index (κ3) is 61.5. The molecule has 0 saturated heterocycles. The Labute approximate surface area is 183 Å². The largest absolute Gasteiger partial charge is 2.00 e. The maximum atomic E-state index is 9.67. The molecule has 0 bridgehead atoms. The predicted molar refractivity (Wildman–Crippen MR) is 49.8 cm³/mol. The van der Waals surface area contributed by atoms with E-state index in [1.165, 1.54) is 0 Å². The molecule has 0 aromatic rings. The van der Waals surface area contributed by atoms with Gasteiger partial charge in [0.15, 0.2) is 0 Å². The first kappa shape index (κ1) is 58.3. The summed E-state index contributed by atoms with van der Waals surface area (Å²) in [5.41, 5.74) is 0. The second-order valence-corrected chi connectivity index (χ2v) is 1.59. The van der Waals surface area contributed by atoms with Crippen molar-refractivity contribution in [3.05, 3.63) is 12.2 Å². The number of hydrogen-bond acceptors (Lipinski definition) is 10. The van der Waals surface area contributed by atoms with Crippen LogP contribution in [0.15, 0.2) is 12.2 Å². The Kier molecular flexibility index (Phi) is 81.0. The summed E-state index contributed by atoms with van der Waals surface area (Å²) in [5, 5.41) is 54.3. The molecule has 0 unspecified atom stereocenters.